The highest BCUT2D eigenvalue weighted by Crippen LogP contribution is 2.41. The van der Waals surface area contributed by atoms with Crippen LogP contribution in [0.2, 0.25) is 0 Å². The molecule has 0 fully saturated rings. The summed E-state index contributed by atoms with van der Waals surface area (Å²) in [5.74, 6) is 0. The number of allylic oxidation sites excluding steroid dienone is 2. The summed E-state index contributed by atoms with van der Waals surface area (Å²) in [6, 6.07) is 30.7. The number of hydrogen-bond donors (Lipinski definition) is 0. The van der Waals surface area contributed by atoms with Crippen molar-refractivity contribution in [3.05, 3.63) is 131 Å². The Balaban J connectivity index is 1.34. The number of rotatable bonds is 3. The van der Waals surface area contributed by atoms with Crippen LogP contribution in [0, 0.1) is 0 Å². The third-order valence-corrected chi connectivity index (χ3v) is 6.55. The Kier molecular flexibility index (Phi) is 3.86. The Hall–Kier alpha value is -3.64. The molecule has 0 amide bonds. The van der Waals surface area contributed by atoms with E-state index in [0.717, 1.165) is 18.4 Å². The van der Waals surface area contributed by atoms with Crippen molar-refractivity contribution in [1.29, 1.82) is 0 Å². The van der Waals surface area contributed by atoms with E-state index in [1.165, 1.54) is 55.6 Å². The fourth-order valence-corrected chi connectivity index (χ4v) is 5.08. The zero-order valence-electron chi connectivity index (χ0n) is 16.9. The normalized spacial score (nSPS) is 13.1. The number of hydrogen-bond acceptors (Lipinski definition) is 0. The van der Waals surface area contributed by atoms with Crippen LogP contribution in [0.15, 0.2) is 97.6 Å². The Morgan fingerprint density at radius 3 is 1.90 bits per heavy atom. The van der Waals surface area contributed by atoms with Gasteiger partial charge >= 0.3 is 0 Å². The summed E-state index contributed by atoms with van der Waals surface area (Å²) in [5, 5.41) is 0. The van der Waals surface area contributed by atoms with Crippen molar-refractivity contribution >= 4 is 11.6 Å². The van der Waals surface area contributed by atoms with Crippen molar-refractivity contribution in [3.63, 3.8) is 0 Å². The molecule has 4 aromatic carbocycles. The summed E-state index contributed by atoms with van der Waals surface area (Å²) in [4.78, 5) is 0. The zero-order valence-corrected chi connectivity index (χ0v) is 16.9. The maximum absolute atomic E-state index is 4.43. The largest absolute Gasteiger partial charge is 0.0911 e. The quantitative estimate of drug-likeness (QED) is 0.277. The lowest BCUT2D eigenvalue weighted by Crippen LogP contribution is -1.90. The van der Waals surface area contributed by atoms with Crippen LogP contribution in [0.1, 0.15) is 33.4 Å². The van der Waals surface area contributed by atoms with E-state index in [4.69, 9.17) is 0 Å². The first kappa shape index (κ1) is 17.2. The molecular formula is C30H22. The van der Waals surface area contributed by atoms with Gasteiger partial charge in [-0.25, -0.2) is 0 Å². The summed E-state index contributed by atoms with van der Waals surface area (Å²) in [6.07, 6.45) is 6.44. The zero-order chi connectivity index (χ0) is 20.1. The monoisotopic (exact) mass is 382 g/mol. The molecule has 0 N–H and O–H groups in total. The van der Waals surface area contributed by atoms with Crippen molar-refractivity contribution in [2.45, 2.75) is 12.8 Å². The summed E-state index contributed by atoms with van der Waals surface area (Å²) in [6.45, 7) is 4.43. The van der Waals surface area contributed by atoms with E-state index < -0.39 is 0 Å². The van der Waals surface area contributed by atoms with E-state index in [9.17, 15) is 0 Å². The van der Waals surface area contributed by atoms with Gasteiger partial charge < -0.3 is 0 Å². The first-order valence-electron chi connectivity index (χ1n) is 10.6. The molecule has 30 heavy (non-hydrogen) atoms. The molecule has 0 spiro atoms. The van der Waals surface area contributed by atoms with Crippen LogP contribution in [0.3, 0.4) is 0 Å². The molecule has 0 saturated heterocycles. The van der Waals surface area contributed by atoms with Gasteiger partial charge in [-0.15, -0.1) is 0 Å². The predicted molar refractivity (Wildman–Crippen MR) is 127 cm³/mol. The summed E-state index contributed by atoms with van der Waals surface area (Å²) in [5.41, 5.74) is 14.8. The van der Waals surface area contributed by atoms with Gasteiger partial charge in [-0.05, 0) is 74.0 Å². The molecule has 0 aromatic heterocycles. The van der Waals surface area contributed by atoms with Crippen molar-refractivity contribution in [3.8, 4) is 22.3 Å². The van der Waals surface area contributed by atoms with Gasteiger partial charge in [-0.2, -0.15) is 0 Å². The molecular weight excluding hydrogens is 360 g/mol. The van der Waals surface area contributed by atoms with Crippen LogP contribution in [-0.4, -0.2) is 0 Å². The summed E-state index contributed by atoms with van der Waals surface area (Å²) < 4.78 is 0. The minimum Gasteiger partial charge on any atom is -0.0911 e. The molecule has 0 atom stereocenters. The maximum Gasteiger partial charge on any atom is -0.000729 e. The third kappa shape index (κ3) is 2.61. The molecule has 0 saturated carbocycles. The minimum atomic E-state index is 0.991. The molecule has 6 rings (SSSR count). The lowest BCUT2D eigenvalue weighted by molar-refractivity contribution is 1.25. The lowest BCUT2D eigenvalue weighted by atomic mass is 9.95. The van der Waals surface area contributed by atoms with Gasteiger partial charge in [0.05, 0.1) is 0 Å². The Labute approximate surface area is 177 Å². The van der Waals surface area contributed by atoms with E-state index in [1.807, 2.05) is 0 Å². The molecule has 0 nitrogen and oxygen atoms in total. The molecule has 0 aliphatic heterocycles. The molecule has 0 radical (unpaired) electrons. The second-order valence-corrected chi connectivity index (χ2v) is 8.23. The highest BCUT2D eigenvalue weighted by molar-refractivity contribution is 5.88. The topological polar surface area (TPSA) is 0 Å². The first-order valence-corrected chi connectivity index (χ1v) is 10.6. The van der Waals surface area contributed by atoms with Gasteiger partial charge in [0, 0.05) is 0 Å². The fraction of sp³-hybridized carbons (Fsp3) is 0.0667. The van der Waals surface area contributed by atoms with Crippen LogP contribution >= 0.6 is 0 Å². The van der Waals surface area contributed by atoms with E-state index >= 15 is 0 Å². The summed E-state index contributed by atoms with van der Waals surface area (Å²) in [7, 11) is 0. The van der Waals surface area contributed by atoms with Gasteiger partial charge in [-0.3, -0.25) is 0 Å². The van der Waals surface area contributed by atoms with Gasteiger partial charge in [0.25, 0.3) is 0 Å². The average Bonchev–Trinajstić information content (AvgIpc) is 3.36. The highest BCUT2D eigenvalue weighted by atomic mass is 14.3. The molecule has 2 aliphatic rings. The van der Waals surface area contributed by atoms with Crippen LogP contribution in [0.25, 0.3) is 33.9 Å². The number of benzene rings is 4. The minimum absolute atomic E-state index is 0.991. The van der Waals surface area contributed by atoms with Crippen LogP contribution in [0.5, 0.6) is 0 Å². The molecule has 142 valence electrons. The third-order valence-electron chi connectivity index (χ3n) is 6.55. The van der Waals surface area contributed by atoms with E-state index in [2.05, 4.69) is 104 Å². The Bertz CT molecular complexity index is 1350. The van der Waals surface area contributed by atoms with Crippen molar-refractivity contribution < 1.29 is 0 Å². The smallest absolute Gasteiger partial charge is 0.000729 e. The van der Waals surface area contributed by atoms with Crippen molar-refractivity contribution in [2.75, 3.05) is 0 Å². The first-order chi connectivity index (χ1) is 14.8. The Morgan fingerprint density at radius 2 is 1.17 bits per heavy atom. The molecule has 4 aromatic rings. The molecule has 0 unspecified atom stereocenters. The van der Waals surface area contributed by atoms with Gasteiger partial charge in [0.1, 0.15) is 0 Å². The standard InChI is InChI=1S/C30H22/c1-20(24-13-7-15-28-26-12-5-3-9-23(26)19-30(24)28)16-17-21-10-6-14-27-25-11-4-2-8-22(25)18-29(21)27/h2-17H,1,18-19H2. The average molecular weight is 383 g/mol. The van der Waals surface area contributed by atoms with Crippen LogP contribution in [-0.2, 0) is 12.8 Å². The number of fused-ring (bicyclic) bond motifs is 6. The van der Waals surface area contributed by atoms with E-state index in [-0.39, 0.29) is 0 Å². The fourth-order valence-electron chi connectivity index (χ4n) is 5.08. The lowest BCUT2D eigenvalue weighted by Gasteiger charge is -2.09. The Morgan fingerprint density at radius 1 is 0.600 bits per heavy atom. The van der Waals surface area contributed by atoms with E-state index in [0.29, 0.717) is 0 Å². The SMILES string of the molecule is C=C(C=Cc1cccc2c1Cc1ccccc1-2)c1cccc2c1Cc1ccccc1-2. The second-order valence-electron chi connectivity index (χ2n) is 8.23. The van der Waals surface area contributed by atoms with Crippen LogP contribution in [0.4, 0.5) is 0 Å². The predicted octanol–water partition coefficient (Wildman–Crippen LogP) is 7.56. The molecule has 0 heteroatoms. The van der Waals surface area contributed by atoms with Crippen molar-refractivity contribution in [1.82, 2.24) is 0 Å². The highest BCUT2D eigenvalue weighted by Gasteiger charge is 2.21. The molecule has 2 aliphatic carbocycles. The molecule has 0 bridgehead atoms. The van der Waals surface area contributed by atoms with Gasteiger partial charge in [-0.1, -0.05) is 104 Å². The summed E-state index contributed by atoms with van der Waals surface area (Å²) >= 11 is 0. The van der Waals surface area contributed by atoms with Gasteiger partial charge in [0.2, 0.25) is 0 Å². The van der Waals surface area contributed by atoms with Gasteiger partial charge in [0.15, 0.2) is 0 Å². The molecule has 0 heterocycles. The van der Waals surface area contributed by atoms with E-state index in [1.54, 1.807) is 0 Å². The van der Waals surface area contributed by atoms with Crippen LogP contribution < -0.4 is 0 Å². The maximum atomic E-state index is 4.43. The van der Waals surface area contributed by atoms with Crippen molar-refractivity contribution in [2.24, 2.45) is 0 Å². The second kappa shape index (κ2) is 6.71.